The lowest BCUT2D eigenvalue weighted by molar-refractivity contribution is 0.127. The highest BCUT2D eigenvalue weighted by molar-refractivity contribution is 7.88. The van der Waals surface area contributed by atoms with Crippen molar-refractivity contribution in [3.63, 3.8) is 0 Å². The Morgan fingerprint density at radius 3 is 2.56 bits per heavy atom. The molecule has 1 aliphatic carbocycles. The van der Waals surface area contributed by atoms with E-state index in [1.807, 2.05) is 0 Å². The van der Waals surface area contributed by atoms with Crippen LogP contribution >= 0.6 is 0 Å². The van der Waals surface area contributed by atoms with Gasteiger partial charge in [0.1, 0.15) is 7.02 Å². The Labute approximate surface area is 187 Å². The zero-order chi connectivity index (χ0) is 25.1. The standard InChI is InChI=1S/C20H27F2N5O4S/c1-11-15(3-4-16(11)28)27-18-12(9-14(17(21)22)19(27)29)10-23-20(25-18)24-13-5-7-26(8-6-13)32(2,30)31/h9-11,13,15-17,28H,3-8H2,1-2H3,(H,23,24,25)/t11-,15+,16+/m0/s1/i13D,17D. The first-order chi connectivity index (χ1) is 15.7. The third kappa shape index (κ3) is 4.35. The van der Waals surface area contributed by atoms with E-state index in [0.717, 1.165) is 16.9 Å². The molecule has 0 radical (unpaired) electrons. The third-order valence-electron chi connectivity index (χ3n) is 6.36. The number of pyridine rings is 1. The summed E-state index contributed by atoms with van der Waals surface area (Å²) in [5.74, 6) is -0.398. The number of nitrogens with zero attached hydrogens (tertiary/aromatic N) is 4. The number of halogens is 2. The zero-order valence-corrected chi connectivity index (χ0v) is 18.6. The quantitative estimate of drug-likeness (QED) is 0.681. The molecule has 3 heterocycles. The second-order valence-electron chi connectivity index (χ2n) is 8.43. The van der Waals surface area contributed by atoms with Crippen molar-refractivity contribution in [1.29, 1.82) is 0 Å². The van der Waals surface area contributed by atoms with Crippen molar-refractivity contribution in [3.05, 3.63) is 28.2 Å². The number of aromatic nitrogens is 3. The average Bonchev–Trinajstić information content (AvgIpc) is 3.04. The van der Waals surface area contributed by atoms with Crippen molar-refractivity contribution < 1.29 is 25.0 Å². The van der Waals surface area contributed by atoms with E-state index in [9.17, 15) is 27.1 Å². The lowest BCUT2D eigenvalue weighted by Gasteiger charge is -2.30. The highest BCUT2D eigenvalue weighted by Gasteiger charge is 2.35. The number of rotatable bonds is 5. The van der Waals surface area contributed by atoms with Crippen molar-refractivity contribution in [2.75, 3.05) is 24.7 Å². The van der Waals surface area contributed by atoms with Gasteiger partial charge in [-0.1, -0.05) is 6.92 Å². The number of aliphatic hydroxyl groups is 1. The molecule has 176 valence electrons. The van der Waals surface area contributed by atoms with Gasteiger partial charge in [0.25, 0.3) is 12.0 Å². The zero-order valence-electron chi connectivity index (χ0n) is 19.8. The van der Waals surface area contributed by atoms with Gasteiger partial charge in [0, 0.05) is 42.7 Å². The Kier molecular flexibility index (Phi) is 5.51. The summed E-state index contributed by atoms with van der Waals surface area (Å²) in [5.41, 5.74) is -1.98. The molecule has 3 atom stereocenters. The van der Waals surface area contributed by atoms with Gasteiger partial charge in [-0.3, -0.25) is 9.36 Å². The lowest BCUT2D eigenvalue weighted by atomic mass is 10.0. The minimum Gasteiger partial charge on any atom is -0.393 e. The van der Waals surface area contributed by atoms with Gasteiger partial charge in [-0.2, -0.15) is 4.98 Å². The largest absolute Gasteiger partial charge is 0.393 e. The highest BCUT2D eigenvalue weighted by atomic mass is 32.2. The second kappa shape index (κ2) is 8.64. The summed E-state index contributed by atoms with van der Waals surface area (Å²) in [4.78, 5) is 21.6. The molecule has 32 heavy (non-hydrogen) atoms. The fourth-order valence-electron chi connectivity index (χ4n) is 4.48. The van der Waals surface area contributed by atoms with Gasteiger partial charge in [-0.15, -0.1) is 0 Å². The number of aliphatic hydroxyl groups excluding tert-OH is 1. The Balaban J connectivity index is 1.75. The number of alkyl halides is 2. The summed E-state index contributed by atoms with van der Waals surface area (Å²) in [6.45, 7) is 2.01. The van der Waals surface area contributed by atoms with E-state index in [2.05, 4.69) is 15.3 Å². The van der Waals surface area contributed by atoms with Crippen LogP contribution in [0.15, 0.2) is 17.1 Å². The summed E-state index contributed by atoms with van der Waals surface area (Å²) in [6.07, 6.45) is -1.36. The Hall–Kier alpha value is -2.18. The molecular formula is C20H27F2N5O4S. The van der Waals surface area contributed by atoms with Gasteiger partial charge >= 0.3 is 0 Å². The number of hydrogen-bond donors (Lipinski definition) is 2. The maximum Gasteiger partial charge on any atom is 0.269 e. The first-order valence-electron chi connectivity index (χ1n) is 11.4. The van der Waals surface area contributed by atoms with Crippen LogP contribution in [0.2, 0.25) is 0 Å². The SMILES string of the molecule is [2H]C1(Nc2ncc3cc(C([2H])(F)F)c(=O)n([C@@H]4CC[C@@H](O)[C@H]4C)c3n2)CCN(S(C)(=O)=O)CC1. The normalized spacial score (nSPS) is 27.8. The van der Waals surface area contributed by atoms with E-state index >= 15 is 0 Å². The summed E-state index contributed by atoms with van der Waals surface area (Å²) >= 11 is 0. The van der Waals surface area contributed by atoms with Gasteiger partial charge in [-0.05, 0) is 31.7 Å². The molecule has 9 nitrogen and oxygen atoms in total. The van der Waals surface area contributed by atoms with Crippen molar-refractivity contribution in [3.8, 4) is 0 Å². The summed E-state index contributed by atoms with van der Waals surface area (Å²) in [5, 5.41) is 13.2. The first kappa shape index (κ1) is 20.4. The molecule has 0 spiro atoms. The number of fused-ring (bicyclic) bond motifs is 1. The van der Waals surface area contributed by atoms with Gasteiger partial charge in [0.05, 0.1) is 19.3 Å². The van der Waals surface area contributed by atoms with E-state index in [4.69, 9.17) is 2.74 Å². The van der Waals surface area contributed by atoms with E-state index < -0.39 is 51.6 Å². The summed E-state index contributed by atoms with van der Waals surface area (Å²) in [6, 6.07) is -0.953. The molecule has 12 heteroatoms. The molecule has 0 amide bonds. The predicted octanol–water partition coefficient (Wildman–Crippen LogP) is 1.90. The van der Waals surface area contributed by atoms with Crippen LogP contribution in [-0.2, 0) is 10.0 Å². The van der Waals surface area contributed by atoms with Crippen molar-refractivity contribution in [1.82, 2.24) is 18.8 Å². The van der Waals surface area contributed by atoms with Crippen LogP contribution < -0.4 is 10.9 Å². The highest BCUT2D eigenvalue weighted by Crippen LogP contribution is 2.37. The summed E-state index contributed by atoms with van der Waals surface area (Å²) < 4.78 is 69.5. The number of hydrogen-bond acceptors (Lipinski definition) is 7. The van der Waals surface area contributed by atoms with Gasteiger partial charge < -0.3 is 10.4 Å². The number of sulfonamides is 1. The molecule has 2 fully saturated rings. The lowest BCUT2D eigenvalue weighted by Crippen LogP contribution is -2.42. The predicted molar refractivity (Wildman–Crippen MR) is 115 cm³/mol. The molecule has 2 N–H and O–H groups in total. The first-order valence-corrected chi connectivity index (χ1v) is 12.3. The second-order valence-corrected chi connectivity index (χ2v) is 10.4. The maximum atomic E-state index is 13.9. The minimum atomic E-state index is -4.12. The molecule has 4 rings (SSSR count). The monoisotopic (exact) mass is 473 g/mol. The van der Waals surface area contributed by atoms with E-state index in [-0.39, 0.29) is 42.9 Å². The Morgan fingerprint density at radius 2 is 2.00 bits per heavy atom. The maximum absolute atomic E-state index is 13.9. The van der Waals surface area contributed by atoms with Crippen molar-refractivity contribution in [2.24, 2.45) is 5.92 Å². The summed E-state index contributed by atoms with van der Waals surface area (Å²) in [7, 11) is -3.37. The van der Waals surface area contributed by atoms with Gasteiger partial charge in [-0.25, -0.2) is 26.5 Å². The molecule has 0 unspecified atom stereocenters. The molecule has 1 saturated heterocycles. The molecule has 0 aromatic carbocycles. The fraction of sp³-hybridized carbons (Fsp3) is 0.650. The fourth-order valence-corrected chi connectivity index (χ4v) is 5.33. The number of anilines is 1. The minimum absolute atomic E-state index is 0.0000350. The van der Waals surface area contributed by atoms with Crippen LogP contribution in [0.25, 0.3) is 11.0 Å². The van der Waals surface area contributed by atoms with Crippen LogP contribution in [-0.4, -0.2) is 63.8 Å². The van der Waals surface area contributed by atoms with E-state index in [1.54, 1.807) is 6.92 Å². The van der Waals surface area contributed by atoms with E-state index in [1.165, 1.54) is 10.5 Å². The molecule has 2 aromatic heterocycles. The number of piperidine rings is 1. The van der Waals surface area contributed by atoms with Crippen molar-refractivity contribution >= 4 is 27.0 Å². The molecule has 1 saturated carbocycles. The molecular weight excluding hydrogens is 444 g/mol. The molecule has 1 aliphatic heterocycles. The van der Waals surface area contributed by atoms with Crippen LogP contribution in [0, 0.1) is 5.92 Å². The Bertz CT molecular complexity index is 1260. The smallest absolute Gasteiger partial charge is 0.269 e. The van der Waals surface area contributed by atoms with Crippen LogP contribution in [0.1, 0.15) is 53.4 Å². The van der Waals surface area contributed by atoms with Crippen LogP contribution in [0.5, 0.6) is 0 Å². The van der Waals surface area contributed by atoms with Gasteiger partial charge in [0.2, 0.25) is 16.0 Å². The molecule has 2 aliphatic rings. The average molecular weight is 474 g/mol. The van der Waals surface area contributed by atoms with Crippen LogP contribution in [0.3, 0.4) is 0 Å². The topological polar surface area (TPSA) is 117 Å². The van der Waals surface area contributed by atoms with Crippen molar-refractivity contribution in [2.45, 2.75) is 57.2 Å². The molecule has 0 bridgehead atoms. The van der Waals surface area contributed by atoms with Crippen LogP contribution in [0.4, 0.5) is 14.7 Å². The number of nitrogens with one attached hydrogen (secondary N) is 1. The van der Waals surface area contributed by atoms with Gasteiger partial charge in [0.15, 0.2) is 0 Å². The Morgan fingerprint density at radius 1 is 1.31 bits per heavy atom. The van der Waals surface area contributed by atoms with E-state index in [0.29, 0.717) is 12.8 Å². The third-order valence-corrected chi connectivity index (χ3v) is 7.67. The molecule has 2 aromatic rings.